The molecule has 0 bridgehead atoms. The van der Waals surface area contributed by atoms with Gasteiger partial charge in [0.15, 0.2) is 0 Å². The molecule has 0 amide bonds. The van der Waals surface area contributed by atoms with Crippen molar-refractivity contribution in [3.8, 4) is 0 Å². The molecular weight excluding hydrogens is 124 g/mol. The minimum Gasteiger partial charge on any atom is -0.396 e. The van der Waals surface area contributed by atoms with Crippen LogP contribution in [0.15, 0.2) is 0 Å². The fraction of sp³-hybridized carbons (Fsp3) is 1.00. The fourth-order valence-corrected chi connectivity index (χ4v) is 1.34. The first-order valence-corrected chi connectivity index (χ1v) is 4.35. The molecule has 0 heterocycles. The molecule has 1 nitrogen and oxygen atoms in total. The second-order valence-electron chi connectivity index (χ2n) is 3.87. The Kier molecular flexibility index (Phi) is 2.72. The van der Waals surface area contributed by atoms with Gasteiger partial charge in [-0.3, -0.25) is 0 Å². The maximum atomic E-state index is 8.97. The first-order chi connectivity index (χ1) is 4.74. The summed E-state index contributed by atoms with van der Waals surface area (Å²) in [6.45, 7) is 4.78. The van der Waals surface area contributed by atoms with Crippen molar-refractivity contribution >= 4 is 0 Å². The van der Waals surface area contributed by atoms with Crippen molar-refractivity contribution < 1.29 is 5.11 Å². The monoisotopic (exact) mass is 142 g/mol. The molecule has 60 valence electrons. The zero-order valence-electron chi connectivity index (χ0n) is 7.01. The van der Waals surface area contributed by atoms with E-state index in [0.717, 1.165) is 5.92 Å². The van der Waals surface area contributed by atoms with Gasteiger partial charge in [0.2, 0.25) is 0 Å². The summed E-state index contributed by atoms with van der Waals surface area (Å²) in [5.41, 5.74) is 0. The third-order valence-corrected chi connectivity index (χ3v) is 2.51. The molecule has 0 aliphatic heterocycles. The van der Waals surface area contributed by atoms with Crippen LogP contribution in [0.3, 0.4) is 0 Å². The number of hydrogen-bond donors (Lipinski definition) is 1. The summed E-state index contributed by atoms with van der Waals surface area (Å²) < 4.78 is 0. The average Bonchev–Trinajstić information content (AvgIpc) is 2.64. The summed E-state index contributed by atoms with van der Waals surface area (Å²) >= 11 is 0. The van der Waals surface area contributed by atoms with Gasteiger partial charge in [-0.2, -0.15) is 0 Å². The number of hydrogen-bond acceptors (Lipinski definition) is 1. The molecule has 1 atom stereocenters. The molecule has 1 rings (SSSR count). The van der Waals surface area contributed by atoms with Gasteiger partial charge in [-0.05, 0) is 24.2 Å². The summed E-state index contributed by atoms with van der Waals surface area (Å²) in [7, 11) is 0. The Bertz CT molecular complexity index is 94.9. The van der Waals surface area contributed by atoms with E-state index in [1.807, 2.05) is 0 Å². The fourth-order valence-electron chi connectivity index (χ4n) is 1.34. The molecule has 1 aliphatic carbocycles. The van der Waals surface area contributed by atoms with Crippen molar-refractivity contribution in [1.29, 1.82) is 0 Å². The third-order valence-electron chi connectivity index (χ3n) is 2.51. The standard InChI is InChI=1S/C9H18O/c1-7(2)9(6-10)5-8-3-4-8/h7-10H,3-6H2,1-2H3/t9-/m1/s1. The van der Waals surface area contributed by atoms with Crippen LogP contribution in [-0.2, 0) is 0 Å². The minimum absolute atomic E-state index is 0.383. The lowest BCUT2D eigenvalue weighted by molar-refractivity contribution is 0.176. The smallest absolute Gasteiger partial charge is 0.0461 e. The molecule has 1 N–H and O–H groups in total. The van der Waals surface area contributed by atoms with E-state index < -0.39 is 0 Å². The van der Waals surface area contributed by atoms with E-state index >= 15 is 0 Å². The summed E-state index contributed by atoms with van der Waals surface area (Å²) in [4.78, 5) is 0. The highest BCUT2D eigenvalue weighted by molar-refractivity contribution is 4.77. The quantitative estimate of drug-likeness (QED) is 0.637. The molecule has 10 heavy (non-hydrogen) atoms. The van der Waals surface area contributed by atoms with Gasteiger partial charge < -0.3 is 5.11 Å². The van der Waals surface area contributed by atoms with Crippen LogP contribution in [-0.4, -0.2) is 11.7 Å². The minimum atomic E-state index is 0.383. The molecule has 0 radical (unpaired) electrons. The zero-order chi connectivity index (χ0) is 7.56. The number of aliphatic hydroxyl groups excluding tert-OH is 1. The van der Waals surface area contributed by atoms with E-state index in [2.05, 4.69) is 13.8 Å². The third kappa shape index (κ3) is 2.30. The highest BCUT2D eigenvalue weighted by atomic mass is 16.3. The van der Waals surface area contributed by atoms with E-state index in [0.29, 0.717) is 18.4 Å². The summed E-state index contributed by atoms with van der Waals surface area (Å²) in [5, 5.41) is 8.97. The van der Waals surface area contributed by atoms with Crippen LogP contribution in [0.4, 0.5) is 0 Å². The van der Waals surface area contributed by atoms with E-state index in [1.54, 1.807) is 0 Å². The Morgan fingerprint density at radius 2 is 2.00 bits per heavy atom. The van der Waals surface area contributed by atoms with Gasteiger partial charge >= 0.3 is 0 Å². The van der Waals surface area contributed by atoms with Crippen molar-refractivity contribution in [2.75, 3.05) is 6.61 Å². The van der Waals surface area contributed by atoms with Crippen LogP contribution >= 0.6 is 0 Å². The highest BCUT2D eigenvalue weighted by Gasteiger charge is 2.26. The largest absolute Gasteiger partial charge is 0.396 e. The SMILES string of the molecule is CC(C)[C@@H](CO)CC1CC1. The lowest BCUT2D eigenvalue weighted by Gasteiger charge is -2.16. The molecular formula is C9H18O. The van der Waals surface area contributed by atoms with Gasteiger partial charge in [-0.1, -0.05) is 26.7 Å². The summed E-state index contributed by atoms with van der Waals surface area (Å²) in [6.07, 6.45) is 4.07. The van der Waals surface area contributed by atoms with Crippen molar-refractivity contribution in [2.45, 2.75) is 33.1 Å². The molecule has 0 aromatic heterocycles. The van der Waals surface area contributed by atoms with Crippen LogP contribution in [0.5, 0.6) is 0 Å². The van der Waals surface area contributed by atoms with Crippen LogP contribution in [0.25, 0.3) is 0 Å². The van der Waals surface area contributed by atoms with Gasteiger partial charge in [0.05, 0.1) is 0 Å². The molecule has 0 unspecified atom stereocenters. The predicted octanol–water partition coefficient (Wildman–Crippen LogP) is 2.05. The van der Waals surface area contributed by atoms with E-state index in [4.69, 9.17) is 5.11 Å². The van der Waals surface area contributed by atoms with Crippen molar-refractivity contribution in [3.05, 3.63) is 0 Å². The predicted molar refractivity (Wildman–Crippen MR) is 42.8 cm³/mol. The Balaban J connectivity index is 2.17. The average molecular weight is 142 g/mol. The zero-order valence-corrected chi connectivity index (χ0v) is 7.01. The molecule has 0 spiro atoms. The number of rotatable bonds is 4. The van der Waals surface area contributed by atoms with Gasteiger partial charge in [-0.25, -0.2) is 0 Å². The molecule has 0 aromatic rings. The van der Waals surface area contributed by atoms with Crippen LogP contribution in [0.2, 0.25) is 0 Å². The highest BCUT2D eigenvalue weighted by Crippen LogP contribution is 2.36. The lowest BCUT2D eigenvalue weighted by atomic mass is 9.91. The van der Waals surface area contributed by atoms with Gasteiger partial charge in [0, 0.05) is 6.61 Å². The second kappa shape index (κ2) is 3.38. The Hall–Kier alpha value is -0.0400. The first kappa shape index (κ1) is 8.06. The molecule has 1 fully saturated rings. The Labute approximate surface area is 63.4 Å². The molecule has 0 saturated heterocycles. The molecule has 1 heteroatoms. The summed E-state index contributed by atoms with van der Waals surface area (Å²) in [5.74, 6) is 2.18. The summed E-state index contributed by atoms with van der Waals surface area (Å²) in [6, 6.07) is 0. The Morgan fingerprint density at radius 1 is 1.40 bits per heavy atom. The van der Waals surface area contributed by atoms with Crippen molar-refractivity contribution in [2.24, 2.45) is 17.8 Å². The topological polar surface area (TPSA) is 20.2 Å². The number of aliphatic hydroxyl groups is 1. The molecule has 1 aliphatic rings. The van der Waals surface area contributed by atoms with Gasteiger partial charge in [-0.15, -0.1) is 0 Å². The van der Waals surface area contributed by atoms with Gasteiger partial charge in [0.25, 0.3) is 0 Å². The van der Waals surface area contributed by atoms with Gasteiger partial charge in [0.1, 0.15) is 0 Å². The second-order valence-corrected chi connectivity index (χ2v) is 3.87. The van der Waals surface area contributed by atoms with Crippen LogP contribution < -0.4 is 0 Å². The maximum absolute atomic E-state index is 8.97. The van der Waals surface area contributed by atoms with Crippen LogP contribution in [0, 0.1) is 17.8 Å². The Morgan fingerprint density at radius 3 is 2.30 bits per heavy atom. The van der Waals surface area contributed by atoms with E-state index in [9.17, 15) is 0 Å². The maximum Gasteiger partial charge on any atom is 0.0461 e. The normalized spacial score (nSPS) is 21.6. The lowest BCUT2D eigenvalue weighted by Crippen LogP contribution is -2.13. The molecule has 0 aromatic carbocycles. The van der Waals surface area contributed by atoms with E-state index in [-0.39, 0.29) is 0 Å². The van der Waals surface area contributed by atoms with Crippen molar-refractivity contribution in [3.63, 3.8) is 0 Å². The van der Waals surface area contributed by atoms with Crippen molar-refractivity contribution in [1.82, 2.24) is 0 Å². The van der Waals surface area contributed by atoms with E-state index in [1.165, 1.54) is 19.3 Å². The molecule has 1 saturated carbocycles. The van der Waals surface area contributed by atoms with Crippen LogP contribution in [0.1, 0.15) is 33.1 Å². The first-order valence-electron chi connectivity index (χ1n) is 4.35.